The van der Waals surface area contributed by atoms with Crippen molar-refractivity contribution >= 4 is 52.4 Å². The fourth-order valence-electron chi connectivity index (χ4n) is 7.81. The summed E-state index contributed by atoms with van der Waals surface area (Å²) in [5, 5.41) is 19.6. The Morgan fingerprint density at radius 3 is 2.62 bits per heavy atom. The van der Waals surface area contributed by atoms with Gasteiger partial charge in [0.05, 0.1) is 35.7 Å². The lowest BCUT2D eigenvalue weighted by Gasteiger charge is -2.29. The van der Waals surface area contributed by atoms with E-state index in [1.807, 2.05) is 17.5 Å². The number of carbonyl (C=O) groups is 5. The lowest BCUT2D eigenvalue weighted by molar-refractivity contribution is -0.137. The topological polar surface area (TPSA) is 219 Å². The van der Waals surface area contributed by atoms with Crippen LogP contribution in [0.1, 0.15) is 103 Å². The van der Waals surface area contributed by atoms with E-state index in [1.54, 1.807) is 42.9 Å². The molecule has 6 heterocycles. The molecular formula is C39H41N11O6. The van der Waals surface area contributed by atoms with Gasteiger partial charge in [-0.15, -0.1) is 0 Å². The van der Waals surface area contributed by atoms with Crippen LogP contribution in [0.25, 0.3) is 17.2 Å². The molecule has 2 aliphatic heterocycles. The minimum atomic E-state index is -0.690. The summed E-state index contributed by atoms with van der Waals surface area (Å²) in [5.41, 5.74) is 5.94. The molecule has 3 aliphatic rings. The van der Waals surface area contributed by atoms with Gasteiger partial charge in [-0.1, -0.05) is 24.4 Å². The minimum Gasteiger partial charge on any atom is -0.339 e. The van der Waals surface area contributed by atoms with Crippen molar-refractivity contribution in [3.05, 3.63) is 77.2 Å². The minimum absolute atomic E-state index is 0.144. The zero-order chi connectivity index (χ0) is 38.8. The quantitative estimate of drug-likeness (QED) is 0.0946. The Labute approximate surface area is 321 Å². The average molecular weight is 760 g/mol. The molecule has 5 aromatic rings. The van der Waals surface area contributed by atoms with E-state index in [-0.39, 0.29) is 30.7 Å². The smallest absolute Gasteiger partial charge is 0.323 e. The normalized spacial score (nSPS) is 17.0. The number of rotatable bonds is 12. The summed E-state index contributed by atoms with van der Waals surface area (Å²) in [4.78, 5) is 77.5. The number of amides is 6. The molecule has 1 aromatic carbocycles. The number of fused-ring (bicyclic) bond motifs is 2. The number of carbonyl (C=O) groups excluding carboxylic acids is 5. The second-order valence-corrected chi connectivity index (χ2v) is 14.5. The molecule has 56 heavy (non-hydrogen) atoms. The monoisotopic (exact) mass is 759 g/mol. The van der Waals surface area contributed by atoms with Gasteiger partial charge in [0.2, 0.25) is 29.4 Å². The maximum absolute atomic E-state index is 13.1. The highest BCUT2D eigenvalue weighted by Gasteiger charge is 2.39. The van der Waals surface area contributed by atoms with E-state index in [4.69, 9.17) is 4.52 Å². The van der Waals surface area contributed by atoms with Crippen molar-refractivity contribution in [2.24, 2.45) is 0 Å². The molecule has 1 unspecified atom stereocenters. The molecule has 4 aromatic heterocycles. The molecule has 1 atom stereocenters. The lowest BCUT2D eigenvalue weighted by atomic mass is 10.0. The first-order chi connectivity index (χ1) is 27.2. The highest BCUT2D eigenvalue weighted by molar-refractivity contribution is 6.06. The van der Waals surface area contributed by atoms with Crippen molar-refractivity contribution in [2.45, 2.75) is 96.1 Å². The Kier molecular flexibility index (Phi) is 10.2. The zero-order valence-corrected chi connectivity index (χ0v) is 30.8. The van der Waals surface area contributed by atoms with E-state index in [2.05, 4.69) is 46.5 Å². The summed E-state index contributed by atoms with van der Waals surface area (Å²) in [5.74, 6) is -0.0816. The fourth-order valence-corrected chi connectivity index (χ4v) is 7.81. The number of hydrogen-bond acceptors (Lipinski definition) is 11. The number of imide groups is 1. The van der Waals surface area contributed by atoms with Gasteiger partial charge in [0, 0.05) is 49.0 Å². The summed E-state index contributed by atoms with van der Waals surface area (Å²) >= 11 is 0. The van der Waals surface area contributed by atoms with E-state index >= 15 is 0 Å². The van der Waals surface area contributed by atoms with Gasteiger partial charge in [-0.2, -0.15) is 10.1 Å². The molecule has 2 fully saturated rings. The van der Waals surface area contributed by atoms with E-state index in [1.165, 1.54) is 4.90 Å². The first-order valence-corrected chi connectivity index (χ1v) is 19.0. The molecule has 288 valence electrons. The molecule has 8 rings (SSSR count). The number of benzene rings is 1. The Morgan fingerprint density at radius 1 is 0.946 bits per heavy atom. The highest BCUT2D eigenvalue weighted by atomic mass is 16.5. The predicted octanol–water partition coefficient (Wildman–Crippen LogP) is 5.29. The molecule has 0 spiro atoms. The number of aryl methyl sites for hydroxylation is 2. The van der Waals surface area contributed by atoms with Crippen LogP contribution in [-0.2, 0) is 27.3 Å². The maximum Gasteiger partial charge on any atom is 0.323 e. The molecule has 1 saturated carbocycles. The van der Waals surface area contributed by atoms with Crippen molar-refractivity contribution in [2.75, 3.05) is 16.0 Å². The number of urea groups is 1. The number of nitrogens with zero attached hydrogens (tertiary/aromatic N) is 7. The molecule has 17 nitrogen and oxygen atoms in total. The second-order valence-electron chi connectivity index (χ2n) is 14.5. The van der Waals surface area contributed by atoms with Gasteiger partial charge in [-0.05, 0) is 74.4 Å². The predicted molar refractivity (Wildman–Crippen MR) is 202 cm³/mol. The Hall–Kier alpha value is -6.52. The van der Waals surface area contributed by atoms with Gasteiger partial charge in [-0.25, -0.2) is 14.3 Å². The van der Waals surface area contributed by atoms with Crippen LogP contribution in [0, 0.1) is 6.92 Å². The van der Waals surface area contributed by atoms with Crippen molar-refractivity contribution in [3.63, 3.8) is 0 Å². The number of nitrogens with one attached hydrogen (secondary N) is 4. The van der Waals surface area contributed by atoms with E-state index in [0.29, 0.717) is 71.6 Å². The fraction of sp³-hybridized carbons (Fsp3) is 0.385. The molecule has 0 bridgehead atoms. The molecule has 1 saturated heterocycles. The standard InChI is InChI=1S/C39H41N11O6/c1-22-17-26(44-39(55)45-28-20-40-30-15-16-42-50(30)35(28)23-7-5-6-8-23)19-41-34(22)36-47-33(56-48-36)10-4-2-3-9-31(51)43-25-11-12-27-24(18-25)21-49(38(27)54)29-13-14-32(52)46-37(29)53/h11-12,15-20,23,29H,2-10,13-14,21H2,1H3,(H,43,51)(H2,44,45,55)(H,46,52,53). The van der Waals surface area contributed by atoms with Crippen molar-refractivity contribution in [3.8, 4) is 11.5 Å². The number of hydrogen-bond donors (Lipinski definition) is 4. The van der Waals surface area contributed by atoms with Crippen LogP contribution < -0.4 is 21.3 Å². The SMILES string of the molecule is Cc1cc(NC(=O)Nc2cnc3ccnn3c2C2CCCC2)cnc1-c1noc(CCCCCC(=O)Nc2ccc3c(c2)CN(C2CCC(=O)NC2=O)C3=O)n1. The summed E-state index contributed by atoms with van der Waals surface area (Å²) in [6.45, 7) is 2.10. The van der Waals surface area contributed by atoms with Gasteiger partial charge in [-0.3, -0.25) is 29.5 Å². The third kappa shape index (κ3) is 7.69. The van der Waals surface area contributed by atoms with E-state index < -0.39 is 18.0 Å². The Balaban J connectivity index is 0.784. The molecular weight excluding hydrogens is 718 g/mol. The van der Waals surface area contributed by atoms with Gasteiger partial charge < -0.3 is 25.4 Å². The van der Waals surface area contributed by atoms with Gasteiger partial charge in [0.1, 0.15) is 11.7 Å². The Morgan fingerprint density at radius 2 is 1.80 bits per heavy atom. The van der Waals surface area contributed by atoms with Gasteiger partial charge in [0.25, 0.3) is 5.91 Å². The van der Waals surface area contributed by atoms with Crippen molar-refractivity contribution < 1.29 is 28.5 Å². The van der Waals surface area contributed by atoms with Crippen LogP contribution in [0.3, 0.4) is 0 Å². The highest BCUT2D eigenvalue weighted by Crippen LogP contribution is 2.37. The number of anilines is 3. The first-order valence-electron chi connectivity index (χ1n) is 19.0. The molecule has 4 N–H and O–H groups in total. The van der Waals surface area contributed by atoms with Crippen LogP contribution in [0.4, 0.5) is 21.9 Å². The molecule has 6 amide bonds. The average Bonchev–Trinajstić information content (AvgIpc) is 4.00. The molecule has 0 radical (unpaired) electrons. The van der Waals surface area contributed by atoms with E-state index in [0.717, 1.165) is 61.0 Å². The number of piperidine rings is 1. The van der Waals surface area contributed by atoms with Crippen LogP contribution in [0.15, 0.2) is 53.4 Å². The summed E-state index contributed by atoms with van der Waals surface area (Å²) in [6.07, 6.45) is 12.8. The number of aromatic nitrogens is 6. The number of pyridine rings is 1. The second kappa shape index (κ2) is 15.7. The lowest BCUT2D eigenvalue weighted by Crippen LogP contribution is -2.52. The van der Waals surface area contributed by atoms with Gasteiger partial charge in [0.15, 0.2) is 5.65 Å². The third-order valence-corrected chi connectivity index (χ3v) is 10.6. The van der Waals surface area contributed by atoms with Gasteiger partial charge >= 0.3 is 6.03 Å². The van der Waals surface area contributed by atoms with Crippen molar-refractivity contribution in [1.82, 2.24) is 39.9 Å². The summed E-state index contributed by atoms with van der Waals surface area (Å²) in [7, 11) is 0. The van der Waals surface area contributed by atoms with E-state index in [9.17, 15) is 24.0 Å². The third-order valence-electron chi connectivity index (χ3n) is 10.6. The largest absolute Gasteiger partial charge is 0.339 e. The molecule has 1 aliphatic carbocycles. The Bertz CT molecular complexity index is 2350. The van der Waals surface area contributed by atoms with Crippen LogP contribution in [0.2, 0.25) is 0 Å². The maximum atomic E-state index is 13.1. The number of unbranched alkanes of at least 4 members (excludes halogenated alkanes) is 2. The van der Waals surface area contributed by atoms with Crippen LogP contribution in [-0.4, -0.2) is 70.3 Å². The zero-order valence-electron chi connectivity index (χ0n) is 30.8. The summed E-state index contributed by atoms with van der Waals surface area (Å²) in [6, 6.07) is 7.65. The van der Waals surface area contributed by atoms with Crippen LogP contribution in [0.5, 0.6) is 0 Å². The van der Waals surface area contributed by atoms with Crippen LogP contribution >= 0.6 is 0 Å². The molecule has 17 heteroatoms. The first kappa shape index (κ1) is 36.5. The summed E-state index contributed by atoms with van der Waals surface area (Å²) < 4.78 is 7.30. The van der Waals surface area contributed by atoms with Crippen molar-refractivity contribution in [1.29, 1.82) is 0 Å².